The topological polar surface area (TPSA) is 45.5 Å². The number of rotatable bonds is 4. The summed E-state index contributed by atoms with van der Waals surface area (Å²) in [5.74, 6) is 1.03. The summed E-state index contributed by atoms with van der Waals surface area (Å²) in [5.41, 5.74) is 0. The lowest BCUT2D eigenvalue weighted by Gasteiger charge is -2.17. The van der Waals surface area contributed by atoms with Gasteiger partial charge in [-0.05, 0) is 18.6 Å². The quantitative estimate of drug-likeness (QED) is 0.837. The summed E-state index contributed by atoms with van der Waals surface area (Å²) in [6.07, 6.45) is 2.53. The maximum absolute atomic E-state index is 12.0. The minimum absolute atomic E-state index is 0.0186. The highest BCUT2D eigenvalue weighted by Crippen LogP contribution is 2.15. The molecule has 1 aliphatic heterocycles. The monoisotopic (exact) mass is 222 g/mol. The van der Waals surface area contributed by atoms with E-state index in [2.05, 4.69) is 19.2 Å². The Morgan fingerprint density at radius 1 is 1.62 bits per heavy atom. The van der Waals surface area contributed by atoms with Crippen LogP contribution in [0.1, 0.15) is 26.0 Å². The highest BCUT2D eigenvalue weighted by atomic mass is 16.3. The van der Waals surface area contributed by atoms with Crippen LogP contribution in [0.2, 0.25) is 0 Å². The van der Waals surface area contributed by atoms with Crippen LogP contribution in [0.15, 0.2) is 22.8 Å². The fourth-order valence-electron chi connectivity index (χ4n) is 2.04. The summed E-state index contributed by atoms with van der Waals surface area (Å²) < 4.78 is 5.25. The summed E-state index contributed by atoms with van der Waals surface area (Å²) in [5, 5.41) is 3.28. The van der Waals surface area contributed by atoms with Gasteiger partial charge in [0.1, 0.15) is 5.76 Å². The smallest absolute Gasteiger partial charge is 0.240 e. The molecule has 2 rings (SSSR count). The molecule has 2 heterocycles. The summed E-state index contributed by atoms with van der Waals surface area (Å²) in [7, 11) is 0. The predicted octanol–water partition coefficient (Wildman–Crippen LogP) is 1.38. The first-order valence-electron chi connectivity index (χ1n) is 5.74. The molecule has 1 fully saturated rings. The van der Waals surface area contributed by atoms with Crippen molar-refractivity contribution in [3.63, 3.8) is 0 Å². The third-order valence-corrected chi connectivity index (χ3v) is 2.76. The Balaban J connectivity index is 1.92. The fraction of sp³-hybridized carbons (Fsp3) is 0.583. The van der Waals surface area contributed by atoms with Gasteiger partial charge in [0, 0.05) is 12.6 Å². The van der Waals surface area contributed by atoms with E-state index in [1.54, 1.807) is 6.26 Å². The van der Waals surface area contributed by atoms with Crippen LogP contribution in [0.25, 0.3) is 0 Å². The first-order valence-corrected chi connectivity index (χ1v) is 5.74. The molecule has 1 aromatic heterocycles. The maximum Gasteiger partial charge on any atom is 0.240 e. The van der Waals surface area contributed by atoms with Crippen LogP contribution in [0.4, 0.5) is 0 Å². The number of hydrogen-bond acceptors (Lipinski definition) is 3. The first kappa shape index (κ1) is 11.2. The summed E-state index contributed by atoms with van der Waals surface area (Å²) in [4.78, 5) is 13.8. The number of nitrogens with zero attached hydrogens (tertiary/aromatic N) is 1. The van der Waals surface area contributed by atoms with E-state index in [-0.39, 0.29) is 11.9 Å². The van der Waals surface area contributed by atoms with Crippen LogP contribution >= 0.6 is 0 Å². The number of amides is 1. The van der Waals surface area contributed by atoms with Crippen LogP contribution in [0.5, 0.6) is 0 Å². The first-order chi connectivity index (χ1) is 7.66. The Morgan fingerprint density at radius 3 is 3.06 bits per heavy atom. The largest absolute Gasteiger partial charge is 0.467 e. The molecule has 16 heavy (non-hydrogen) atoms. The second-order valence-corrected chi connectivity index (χ2v) is 4.50. The van der Waals surface area contributed by atoms with Crippen LogP contribution in [-0.2, 0) is 11.3 Å². The SMILES string of the molecule is CC(C)NC1CCN(Cc2ccco2)C1=O. The van der Waals surface area contributed by atoms with Gasteiger partial charge >= 0.3 is 0 Å². The van der Waals surface area contributed by atoms with Gasteiger partial charge in [0.25, 0.3) is 0 Å². The Bertz CT molecular complexity index is 346. The third-order valence-electron chi connectivity index (χ3n) is 2.76. The van der Waals surface area contributed by atoms with E-state index in [9.17, 15) is 4.79 Å². The van der Waals surface area contributed by atoms with Crippen molar-refractivity contribution in [1.82, 2.24) is 10.2 Å². The molecule has 0 spiro atoms. The maximum atomic E-state index is 12.0. The normalized spacial score (nSPS) is 21.1. The molecule has 1 aliphatic rings. The lowest BCUT2D eigenvalue weighted by molar-refractivity contribution is -0.130. The molecular formula is C12H18N2O2. The van der Waals surface area contributed by atoms with E-state index in [0.29, 0.717) is 12.6 Å². The molecule has 4 nitrogen and oxygen atoms in total. The van der Waals surface area contributed by atoms with Gasteiger partial charge in [0.2, 0.25) is 5.91 Å². The van der Waals surface area contributed by atoms with E-state index >= 15 is 0 Å². The van der Waals surface area contributed by atoms with E-state index in [0.717, 1.165) is 18.7 Å². The van der Waals surface area contributed by atoms with Crippen LogP contribution in [0, 0.1) is 0 Å². The Labute approximate surface area is 95.6 Å². The van der Waals surface area contributed by atoms with Crippen molar-refractivity contribution < 1.29 is 9.21 Å². The zero-order valence-electron chi connectivity index (χ0n) is 9.77. The van der Waals surface area contributed by atoms with Crippen molar-refractivity contribution in [3.8, 4) is 0 Å². The van der Waals surface area contributed by atoms with Gasteiger partial charge in [-0.15, -0.1) is 0 Å². The molecular weight excluding hydrogens is 204 g/mol. The molecule has 0 saturated carbocycles. The number of nitrogens with one attached hydrogen (secondary N) is 1. The lowest BCUT2D eigenvalue weighted by atomic mass is 10.2. The van der Waals surface area contributed by atoms with Crippen LogP contribution in [-0.4, -0.2) is 29.4 Å². The van der Waals surface area contributed by atoms with Gasteiger partial charge in [-0.1, -0.05) is 13.8 Å². The Hall–Kier alpha value is -1.29. The number of likely N-dealkylation sites (tertiary alicyclic amines) is 1. The highest BCUT2D eigenvalue weighted by Gasteiger charge is 2.31. The molecule has 0 aromatic carbocycles. The van der Waals surface area contributed by atoms with Gasteiger partial charge < -0.3 is 14.6 Å². The summed E-state index contributed by atoms with van der Waals surface area (Å²) in [6.45, 7) is 5.51. The Morgan fingerprint density at radius 2 is 2.44 bits per heavy atom. The predicted molar refractivity (Wildman–Crippen MR) is 60.8 cm³/mol. The molecule has 88 valence electrons. The highest BCUT2D eigenvalue weighted by molar-refractivity contribution is 5.83. The zero-order chi connectivity index (χ0) is 11.5. The summed E-state index contributed by atoms with van der Waals surface area (Å²) in [6, 6.07) is 4.07. The van der Waals surface area contributed by atoms with E-state index < -0.39 is 0 Å². The molecule has 1 N–H and O–H groups in total. The minimum atomic E-state index is -0.0186. The Kier molecular flexibility index (Phi) is 3.29. The van der Waals surface area contributed by atoms with Crippen molar-refractivity contribution in [3.05, 3.63) is 24.2 Å². The van der Waals surface area contributed by atoms with E-state index in [1.165, 1.54) is 0 Å². The number of carbonyl (C=O) groups excluding carboxylic acids is 1. The summed E-state index contributed by atoms with van der Waals surface area (Å²) >= 11 is 0. The number of furan rings is 1. The van der Waals surface area contributed by atoms with Gasteiger partial charge in [0.15, 0.2) is 0 Å². The number of carbonyl (C=O) groups is 1. The van der Waals surface area contributed by atoms with Gasteiger partial charge in [-0.3, -0.25) is 4.79 Å². The molecule has 1 amide bonds. The minimum Gasteiger partial charge on any atom is -0.467 e. The van der Waals surface area contributed by atoms with Crippen molar-refractivity contribution in [2.45, 2.75) is 38.9 Å². The third kappa shape index (κ3) is 2.44. The van der Waals surface area contributed by atoms with Crippen molar-refractivity contribution in [2.24, 2.45) is 0 Å². The van der Waals surface area contributed by atoms with Crippen molar-refractivity contribution in [1.29, 1.82) is 0 Å². The second kappa shape index (κ2) is 4.70. The molecule has 1 aromatic rings. The zero-order valence-corrected chi connectivity index (χ0v) is 9.77. The molecule has 1 unspecified atom stereocenters. The second-order valence-electron chi connectivity index (χ2n) is 4.50. The standard InChI is InChI=1S/C12H18N2O2/c1-9(2)13-11-5-6-14(12(11)15)8-10-4-3-7-16-10/h3-4,7,9,11,13H,5-6,8H2,1-2H3. The molecule has 1 atom stereocenters. The van der Waals surface area contributed by atoms with E-state index in [1.807, 2.05) is 17.0 Å². The van der Waals surface area contributed by atoms with Crippen molar-refractivity contribution in [2.75, 3.05) is 6.54 Å². The van der Waals surface area contributed by atoms with E-state index in [4.69, 9.17) is 4.42 Å². The van der Waals surface area contributed by atoms with Crippen LogP contribution < -0.4 is 5.32 Å². The molecule has 0 aliphatic carbocycles. The average Bonchev–Trinajstić information content (AvgIpc) is 2.82. The molecule has 0 bridgehead atoms. The van der Waals surface area contributed by atoms with Crippen molar-refractivity contribution >= 4 is 5.91 Å². The van der Waals surface area contributed by atoms with Gasteiger partial charge in [-0.25, -0.2) is 0 Å². The van der Waals surface area contributed by atoms with Gasteiger partial charge in [-0.2, -0.15) is 0 Å². The molecule has 4 heteroatoms. The van der Waals surface area contributed by atoms with Crippen LogP contribution in [0.3, 0.4) is 0 Å². The lowest BCUT2D eigenvalue weighted by Crippen LogP contribution is -2.41. The average molecular weight is 222 g/mol. The van der Waals surface area contributed by atoms with Gasteiger partial charge in [0.05, 0.1) is 18.8 Å². The number of hydrogen-bond donors (Lipinski definition) is 1. The molecule has 1 saturated heterocycles. The fourth-order valence-corrected chi connectivity index (χ4v) is 2.04. The molecule has 0 radical (unpaired) electrons.